The molecule has 1 aromatic heterocycles. The fraction of sp³-hybridized carbons (Fsp3) is 0.567. The first-order valence-corrected chi connectivity index (χ1v) is 15.2. The maximum atomic E-state index is 14.6. The summed E-state index contributed by atoms with van der Waals surface area (Å²) in [6, 6.07) is 6.80. The molecule has 10 nitrogen and oxygen atoms in total. The van der Waals surface area contributed by atoms with Gasteiger partial charge in [-0.2, -0.15) is 0 Å². The summed E-state index contributed by atoms with van der Waals surface area (Å²) in [5.74, 6) is -1.98. The molecule has 0 saturated carbocycles. The number of ether oxygens (including phenoxy) is 1. The van der Waals surface area contributed by atoms with Gasteiger partial charge in [0.25, 0.3) is 0 Å². The Labute approximate surface area is 244 Å². The Morgan fingerprint density at radius 2 is 2.02 bits per heavy atom. The molecule has 3 aliphatic heterocycles. The normalized spacial score (nSPS) is 28.2. The Bertz CT molecular complexity index is 1330. The van der Waals surface area contributed by atoms with Crippen molar-refractivity contribution < 1.29 is 24.2 Å². The number of hydrogen-bond acceptors (Lipinski definition) is 8. The lowest BCUT2D eigenvalue weighted by atomic mass is 9.66. The standard InChI is InChI=1S/C30H39N5O5S/c1-4-6-11-19-40-28(39)24-23-26(37)34(17-9-10-18-36)25(30(23)15-14-29(24,3)41-30)27(38)33(16-5-2)20-35-22-13-8-7-12-21(22)31-32-35/h4-5,7-8,12-13,23-25,36H,1-2,6,9-11,14-20H2,3H3/t23-,24-,25?,29+,30?/m0/s1. The van der Waals surface area contributed by atoms with E-state index < -0.39 is 27.4 Å². The number of carbonyl (C=O) groups excluding carboxylic acids is 3. The number of esters is 1. The fourth-order valence-electron chi connectivity index (χ4n) is 6.92. The summed E-state index contributed by atoms with van der Waals surface area (Å²) in [5, 5.41) is 17.9. The Morgan fingerprint density at radius 3 is 2.78 bits per heavy atom. The van der Waals surface area contributed by atoms with Crippen LogP contribution in [0.5, 0.6) is 0 Å². The third-order valence-corrected chi connectivity index (χ3v) is 10.7. The number of aromatic nitrogens is 3. The van der Waals surface area contributed by atoms with E-state index in [2.05, 4.69) is 23.5 Å². The molecule has 2 unspecified atom stereocenters. The predicted octanol–water partition coefficient (Wildman–Crippen LogP) is 3.17. The Hall–Kier alpha value is -3.18. The van der Waals surface area contributed by atoms with E-state index in [1.165, 1.54) is 0 Å². The molecule has 41 heavy (non-hydrogen) atoms. The van der Waals surface area contributed by atoms with Gasteiger partial charge in [-0.25, -0.2) is 4.68 Å². The van der Waals surface area contributed by atoms with Crippen molar-refractivity contribution >= 4 is 40.6 Å². The zero-order chi connectivity index (χ0) is 29.2. The van der Waals surface area contributed by atoms with Crippen LogP contribution >= 0.6 is 11.8 Å². The van der Waals surface area contributed by atoms with Crippen LogP contribution in [0, 0.1) is 11.8 Å². The number of carbonyl (C=O) groups is 3. The highest BCUT2D eigenvalue weighted by Crippen LogP contribution is 2.71. The van der Waals surface area contributed by atoms with Crippen LogP contribution in [0.1, 0.15) is 45.4 Å². The highest BCUT2D eigenvalue weighted by molar-refractivity contribution is 8.02. The summed E-state index contributed by atoms with van der Waals surface area (Å²) >= 11 is 1.62. The molecule has 11 heteroatoms. The number of likely N-dealkylation sites (tertiary alicyclic amines) is 1. The highest BCUT2D eigenvalue weighted by atomic mass is 32.2. The van der Waals surface area contributed by atoms with Crippen LogP contribution in [-0.4, -0.2) is 89.5 Å². The van der Waals surface area contributed by atoms with E-state index in [1.54, 1.807) is 38.4 Å². The molecule has 3 saturated heterocycles. The van der Waals surface area contributed by atoms with Crippen molar-refractivity contribution in [1.82, 2.24) is 24.8 Å². The van der Waals surface area contributed by atoms with Crippen LogP contribution in [-0.2, 0) is 25.8 Å². The average molecular weight is 582 g/mol. The summed E-state index contributed by atoms with van der Waals surface area (Å²) in [7, 11) is 0. The van der Waals surface area contributed by atoms with Gasteiger partial charge in [0.15, 0.2) is 0 Å². The van der Waals surface area contributed by atoms with Crippen molar-refractivity contribution in [3.8, 4) is 0 Å². The van der Waals surface area contributed by atoms with E-state index in [9.17, 15) is 19.5 Å². The number of thioether (sulfide) groups is 1. The van der Waals surface area contributed by atoms with Gasteiger partial charge < -0.3 is 19.6 Å². The molecule has 0 aliphatic carbocycles. The summed E-state index contributed by atoms with van der Waals surface area (Å²) in [5.41, 5.74) is 1.53. The second-order valence-corrected chi connectivity index (χ2v) is 13.3. The SMILES string of the molecule is C=CCCCOC(=O)[C@@H]1[C@H]2C(=O)N(CCCCO)C(C(=O)N(CC=C)Cn3nnc4ccccc43)C23CC[C@@]1(C)S3. The maximum absolute atomic E-state index is 14.6. The molecule has 3 aliphatic rings. The number of nitrogens with zero attached hydrogens (tertiary/aromatic N) is 5. The zero-order valence-corrected chi connectivity index (χ0v) is 24.4. The fourth-order valence-corrected chi connectivity index (χ4v) is 9.26. The number of aliphatic hydroxyl groups is 1. The molecule has 3 fully saturated rings. The van der Waals surface area contributed by atoms with Gasteiger partial charge in [-0.05, 0) is 57.6 Å². The van der Waals surface area contributed by atoms with Gasteiger partial charge in [0.1, 0.15) is 18.2 Å². The first kappa shape index (κ1) is 29.3. The number of unbranched alkanes of at least 4 members (excludes halogenated alkanes) is 2. The molecule has 0 radical (unpaired) electrons. The molecule has 1 aromatic carbocycles. The van der Waals surface area contributed by atoms with Gasteiger partial charge in [-0.1, -0.05) is 29.5 Å². The summed E-state index contributed by atoms with van der Waals surface area (Å²) < 4.78 is 6.15. The van der Waals surface area contributed by atoms with E-state index in [4.69, 9.17) is 4.74 Å². The number of para-hydroxylation sites is 1. The molecule has 4 heterocycles. The molecule has 220 valence electrons. The molecule has 2 bridgehead atoms. The van der Waals surface area contributed by atoms with Crippen LogP contribution in [0.3, 0.4) is 0 Å². The lowest BCUT2D eigenvalue weighted by Gasteiger charge is -2.37. The van der Waals surface area contributed by atoms with Gasteiger partial charge in [0.05, 0.1) is 28.7 Å². The Morgan fingerprint density at radius 1 is 1.22 bits per heavy atom. The first-order chi connectivity index (χ1) is 19.8. The van der Waals surface area contributed by atoms with Gasteiger partial charge >= 0.3 is 5.97 Å². The summed E-state index contributed by atoms with van der Waals surface area (Å²) in [6.07, 6.45) is 7.33. The van der Waals surface area contributed by atoms with Gasteiger partial charge in [-0.3, -0.25) is 14.4 Å². The number of hydrogen-bond donors (Lipinski definition) is 1. The van der Waals surface area contributed by atoms with Crippen molar-refractivity contribution in [2.24, 2.45) is 11.8 Å². The summed E-state index contributed by atoms with van der Waals surface area (Å²) in [4.78, 5) is 45.6. The third-order valence-electron chi connectivity index (χ3n) is 8.75. The smallest absolute Gasteiger partial charge is 0.311 e. The Balaban J connectivity index is 1.48. The minimum atomic E-state index is -0.751. The van der Waals surface area contributed by atoms with E-state index >= 15 is 0 Å². The van der Waals surface area contributed by atoms with Crippen LogP contribution < -0.4 is 0 Å². The molecule has 2 aromatic rings. The monoisotopic (exact) mass is 581 g/mol. The van der Waals surface area contributed by atoms with Gasteiger partial charge in [0.2, 0.25) is 11.8 Å². The van der Waals surface area contributed by atoms with Gasteiger partial charge in [-0.15, -0.1) is 30.0 Å². The number of amides is 2. The number of fused-ring (bicyclic) bond motifs is 2. The molecular formula is C30H39N5O5S. The minimum Gasteiger partial charge on any atom is -0.465 e. The quantitative estimate of drug-likeness (QED) is 0.205. The van der Waals surface area contributed by atoms with Crippen LogP contribution in [0.25, 0.3) is 11.0 Å². The second kappa shape index (κ2) is 12.0. The van der Waals surface area contributed by atoms with Gasteiger partial charge in [0, 0.05) is 24.4 Å². The van der Waals surface area contributed by atoms with Crippen molar-refractivity contribution in [2.45, 2.75) is 67.7 Å². The Kier molecular flexibility index (Phi) is 8.56. The largest absolute Gasteiger partial charge is 0.465 e. The van der Waals surface area contributed by atoms with E-state index in [1.807, 2.05) is 31.2 Å². The van der Waals surface area contributed by atoms with Crippen molar-refractivity contribution in [1.29, 1.82) is 0 Å². The van der Waals surface area contributed by atoms with E-state index in [0.29, 0.717) is 32.2 Å². The van der Waals surface area contributed by atoms with Crippen LogP contribution in [0.15, 0.2) is 49.6 Å². The number of rotatable bonds is 14. The van der Waals surface area contributed by atoms with E-state index in [0.717, 1.165) is 23.9 Å². The molecule has 1 N–H and O–H groups in total. The van der Waals surface area contributed by atoms with Crippen molar-refractivity contribution in [3.05, 3.63) is 49.6 Å². The van der Waals surface area contributed by atoms with E-state index in [-0.39, 0.29) is 44.2 Å². The summed E-state index contributed by atoms with van der Waals surface area (Å²) in [6.45, 7) is 10.7. The maximum Gasteiger partial charge on any atom is 0.311 e. The van der Waals surface area contributed by atoms with Crippen LogP contribution in [0.2, 0.25) is 0 Å². The average Bonchev–Trinajstić information content (AvgIpc) is 3.66. The molecule has 2 amide bonds. The highest BCUT2D eigenvalue weighted by Gasteiger charge is 2.77. The predicted molar refractivity (Wildman–Crippen MR) is 157 cm³/mol. The lowest BCUT2D eigenvalue weighted by molar-refractivity contribution is -0.155. The lowest BCUT2D eigenvalue weighted by Crippen LogP contribution is -2.55. The number of benzene rings is 1. The van der Waals surface area contributed by atoms with Crippen molar-refractivity contribution in [3.63, 3.8) is 0 Å². The molecular weight excluding hydrogens is 542 g/mol. The minimum absolute atomic E-state index is 0.00363. The second-order valence-electron chi connectivity index (χ2n) is 11.4. The first-order valence-electron chi connectivity index (χ1n) is 14.4. The molecule has 5 rings (SSSR count). The molecule has 5 atom stereocenters. The topological polar surface area (TPSA) is 118 Å². The van der Waals surface area contributed by atoms with Crippen molar-refractivity contribution in [2.75, 3.05) is 26.3 Å². The molecule has 1 spiro atoms. The number of allylic oxidation sites excluding steroid dienone is 1. The zero-order valence-electron chi connectivity index (χ0n) is 23.6. The third kappa shape index (κ3) is 5.07. The van der Waals surface area contributed by atoms with Crippen LogP contribution in [0.4, 0.5) is 0 Å². The number of aliphatic hydroxyl groups excluding tert-OH is 1.